The fourth-order valence-electron chi connectivity index (χ4n) is 3.20. The van der Waals surface area contributed by atoms with Crippen LogP contribution in [0, 0.1) is 0 Å². The average molecular weight is 359 g/mol. The van der Waals surface area contributed by atoms with Crippen LogP contribution in [0.15, 0.2) is 42.5 Å². The normalized spacial score (nSPS) is 19.8. The van der Waals surface area contributed by atoms with Gasteiger partial charge in [0.15, 0.2) is 0 Å². The van der Waals surface area contributed by atoms with Crippen molar-refractivity contribution in [1.29, 1.82) is 0 Å². The van der Waals surface area contributed by atoms with E-state index in [9.17, 15) is 9.90 Å². The number of aliphatic hydroxyl groups is 1. The Labute approximate surface area is 153 Å². The van der Waals surface area contributed by atoms with Gasteiger partial charge in [-0.1, -0.05) is 37.1 Å². The van der Waals surface area contributed by atoms with Crippen LogP contribution in [0.2, 0.25) is 5.02 Å². The Morgan fingerprint density at radius 3 is 2.64 bits per heavy atom. The van der Waals surface area contributed by atoms with Gasteiger partial charge in [0.1, 0.15) is 0 Å². The monoisotopic (exact) mass is 358 g/mol. The maximum Gasteiger partial charge on any atom is 0.255 e. The van der Waals surface area contributed by atoms with Crippen LogP contribution in [0.5, 0.6) is 0 Å². The SMILES string of the molecule is CCCc1cc(C(=O)Nc2ccc(C3CNCC3O)cc2)ccc1Cl. The van der Waals surface area contributed by atoms with Gasteiger partial charge in [-0.25, -0.2) is 0 Å². The van der Waals surface area contributed by atoms with Gasteiger partial charge in [-0.2, -0.15) is 0 Å². The highest BCUT2D eigenvalue weighted by molar-refractivity contribution is 6.31. The number of nitrogens with one attached hydrogen (secondary N) is 2. The molecular formula is C20H23ClN2O2. The highest BCUT2D eigenvalue weighted by atomic mass is 35.5. The standard InChI is InChI=1S/C20H23ClN2O2/c1-2-3-14-10-15(6-9-18(14)21)20(25)23-16-7-4-13(5-8-16)17-11-22-12-19(17)24/h4-10,17,19,22,24H,2-3,11-12H2,1H3,(H,23,25). The molecule has 1 aliphatic rings. The topological polar surface area (TPSA) is 61.4 Å². The molecule has 0 bridgehead atoms. The summed E-state index contributed by atoms with van der Waals surface area (Å²) in [5, 5.41) is 16.7. The minimum absolute atomic E-state index is 0.109. The van der Waals surface area contributed by atoms with Crippen LogP contribution in [-0.4, -0.2) is 30.2 Å². The van der Waals surface area contributed by atoms with Gasteiger partial charge in [0.25, 0.3) is 5.91 Å². The van der Waals surface area contributed by atoms with E-state index < -0.39 is 0 Å². The number of carbonyl (C=O) groups excluding carboxylic acids is 1. The molecule has 3 rings (SSSR count). The third-order valence-electron chi connectivity index (χ3n) is 4.61. The summed E-state index contributed by atoms with van der Waals surface area (Å²) in [5.41, 5.74) is 3.41. The van der Waals surface area contributed by atoms with E-state index in [4.69, 9.17) is 11.6 Å². The molecule has 3 N–H and O–H groups in total. The van der Waals surface area contributed by atoms with Crippen LogP contribution in [0.4, 0.5) is 5.69 Å². The van der Waals surface area contributed by atoms with E-state index >= 15 is 0 Å². The highest BCUT2D eigenvalue weighted by Gasteiger charge is 2.26. The molecule has 2 atom stereocenters. The molecule has 132 valence electrons. The van der Waals surface area contributed by atoms with E-state index in [1.165, 1.54) is 0 Å². The lowest BCUT2D eigenvalue weighted by molar-refractivity contribution is 0.102. The number of benzene rings is 2. The molecule has 1 aliphatic heterocycles. The van der Waals surface area contributed by atoms with Gasteiger partial charge in [0.2, 0.25) is 0 Å². The maximum absolute atomic E-state index is 12.5. The average Bonchev–Trinajstić information content (AvgIpc) is 3.04. The third kappa shape index (κ3) is 4.21. The van der Waals surface area contributed by atoms with Gasteiger partial charge in [-0.15, -0.1) is 0 Å². The molecule has 1 amide bonds. The number of rotatable bonds is 5. The van der Waals surface area contributed by atoms with Crippen LogP contribution < -0.4 is 10.6 Å². The van der Waals surface area contributed by atoms with Crippen molar-refractivity contribution in [2.75, 3.05) is 18.4 Å². The lowest BCUT2D eigenvalue weighted by Gasteiger charge is -2.14. The second kappa shape index (κ2) is 8.00. The predicted molar refractivity (Wildman–Crippen MR) is 101 cm³/mol. The number of β-amino-alcohol motifs (C(OH)–C–C–N with tert-alkyl or cyclic N) is 1. The molecule has 0 aliphatic carbocycles. The predicted octanol–water partition coefficient (Wildman–Crippen LogP) is 3.59. The van der Waals surface area contributed by atoms with E-state index in [2.05, 4.69) is 17.6 Å². The Bertz CT molecular complexity index is 746. The number of anilines is 1. The second-order valence-corrected chi connectivity index (χ2v) is 6.87. The smallest absolute Gasteiger partial charge is 0.255 e. The first kappa shape index (κ1) is 17.9. The number of hydrogen-bond acceptors (Lipinski definition) is 3. The van der Waals surface area contributed by atoms with E-state index in [-0.39, 0.29) is 17.9 Å². The molecular weight excluding hydrogens is 336 g/mol. The van der Waals surface area contributed by atoms with E-state index in [1.807, 2.05) is 30.3 Å². The van der Waals surface area contributed by atoms with E-state index in [0.29, 0.717) is 17.1 Å². The minimum atomic E-state index is -0.355. The van der Waals surface area contributed by atoms with Crippen molar-refractivity contribution in [3.63, 3.8) is 0 Å². The van der Waals surface area contributed by atoms with Crippen molar-refractivity contribution < 1.29 is 9.90 Å². The summed E-state index contributed by atoms with van der Waals surface area (Å²) in [4.78, 5) is 12.5. The van der Waals surface area contributed by atoms with Crippen LogP contribution in [0.3, 0.4) is 0 Å². The molecule has 5 heteroatoms. The summed E-state index contributed by atoms with van der Waals surface area (Å²) in [7, 11) is 0. The molecule has 1 heterocycles. The van der Waals surface area contributed by atoms with Crippen LogP contribution in [0.1, 0.15) is 40.7 Å². The Balaban J connectivity index is 1.69. The van der Waals surface area contributed by atoms with Crippen LogP contribution in [0.25, 0.3) is 0 Å². The van der Waals surface area contributed by atoms with E-state index in [1.54, 1.807) is 12.1 Å². The molecule has 0 radical (unpaired) electrons. The molecule has 2 unspecified atom stereocenters. The lowest BCUT2D eigenvalue weighted by Crippen LogP contribution is -2.16. The van der Waals surface area contributed by atoms with Crippen molar-refractivity contribution in [3.8, 4) is 0 Å². The quantitative estimate of drug-likeness (QED) is 0.765. The fourth-order valence-corrected chi connectivity index (χ4v) is 3.41. The van der Waals surface area contributed by atoms with Crippen molar-refractivity contribution in [1.82, 2.24) is 5.32 Å². The lowest BCUT2D eigenvalue weighted by atomic mass is 9.96. The Morgan fingerprint density at radius 2 is 2.00 bits per heavy atom. The summed E-state index contributed by atoms with van der Waals surface area (Å²) in [6.07, 6.45) is 1.48. The minimum Gasteiger partial charge on any atom is -0.391 e. The number of aliphatic hydroxyl groups excluding tert-OH is 1. The van der Waals surface area contributed by atoms with E-state index in [0.717, 1.165) is 36.2 Å². The van der Waals surface area contributed by atoms with Gasteiger partial charge < -0.3 is 15.7 Å². The maximum atomic E-state index is 12.5. The zero-order chi connectivity index (χ0) is 17.8. The zero-order valence-electron chi connectivity index (χ0n) is 14.3. The zero-order valence-corrected chi connectivity index (χ0v) is 15.0. The van der Waals surface area contributed by atoms with Crippen molar-refractivity contribution in [2.24, 2.45) is 0 Å². The highest BCUT2D eigenvalue weighted by Crippen LogP contribution is 2.25. The van der Waals surface area contributed by atoms with Gasteiger partial charge in [-0.05, 0) is 47.9 Å². The van der Waals surface area contributed by atoms with Crippen molar-refractivity contribution in [3.05, 3.63) is 64.2 Å². The molecule has 0 spiro atoms. The first-order valence-corrected chi connectivity index (χ1v) is 9.04. The molecule has 0 saturated carbocycles. The van der Waals surface area contributed by atoms with Crippen molar-refractivity contribution in [2.45, 2.75) is 31.8 Å². The van der Waals surface area contributed by atoms with Crippen molar-refractivity contribution >= 4 is 23.2 Å². The number of carbonyl (C=O) groups is 1. The first-order valence-electron chi connectivity index (χ1n) is 8.67. The summed E-state index contributed by atoms with van der Waals surface area (Å²) < 4.78 is 0. The molecule has 1 saturated heterocycles. The Morgan fingerprint density at radius 1 is 1.24 bits per heavy atom. The number of amides is 1. The summed E-state index contributed by atoms with van der Waals surface area (Å²) in [6.45, 7) is 3.49. The molecule has 2 aromatic rings. The second-order valence-electron chi connectivity index (χ2n) is 6.46. The summed E-state index contributed by atoms with van der Waals surface area (Å²) in [5.74, 6) is -0.0399. The number of hydrogen-bond donors (Lipinski definition) is 3. The molecule has 25 heavy (non-hydrogen) atoms. The Kier molecular flexibility index (Phi) is 5.74. The Hall–Kier alpha value is -1.88. The first-order chi connectivity index (χ1) is 12.1. The number of halogens is 1. The summed E-state index contributed by atoms with van der Waals surface area (Å²) >= 11 is 6.17. The van der Waals surface area contributed by atoms with Crippen LogP contribution in [-0.2, 0) is 6.42 Å². The molecule has 0 aromatic heterocycles. The van der Waals surface area contributed by atoms with Gasteiger partial charge in [0, 0.05) is 35.3 Å². The van der Waals surface area contributed by atoms with Gasteiger partial charge in [0.05, 0.1) is 6.10 Å². The molecule has 2 aromatic carbocycles. The van der Waals surface area contributed by atoms with Crippen LogP contribution >= 0.6 is 11.6 Å². The number of aryl methyl sites for hydroxylation is 1. The third-order valence-corrected chi connectivity index (χ3v) is 4.97. The van der Waals surface area contributed by atoms with Gasteiger partial charge in [-0.3, -0.25) is 4.79 Å². The molecule has 4 nitrogen and oxygen atoms in total. The fraction of sp³-hybridized carbons (Fsp3) is 0.350. The molecule has 1 fully saturated rings. The summed E-state index contributed by atoms with van der Waals surface area (Å²) in [6, 6.07) is 13.0. The van der Waals surface area contributed by atoms with Gasteiger partial charge >= 0.3 is 0 Å². The largest absolute Gasteiger partial charge is 0.391 e.